The molecule has 0 unspecified atom stereocenters. The first kappa shape index (κ1) is 15.4. The molecule has 4 nitrogen and oxygen atoms in total. The summed E-state index contributed by atoms with van der Waals surface area (Å²) in [5, 5.41) is 0. The number of hydrogen-bond donors (Lipinski definition) is 1. The molecule has 3 aromatic rings. The predicted octanol–water partition coefficient (Wildman–Crippen LogP) is 4.36. The van der Waals surface area contributed by atoms with Crippen LogP contribution in [0.4, 0.5) is 5.69 Å². The second kappa shape index (κ2) is 5.93. The standard InChI is InChI=1S/C18H17NO3S/c1-13-8-10-16(11-9-13)23(20,21)19-17-12-14(2)22-18(17)15-6-4-3-5-7-15/h3-12,19H,1-2H3. The Bertz CT molecular complexity index is 911. The van der Waals surface area contributed by atoms with E-state index < -0.39 is 10.0 Å². The molecule has 1 aromatic heterocycles. The van der Waals surface area contributed by atoms with Crippen molar-refractivity contribution in [3.63, 3.8) is 0 Å². The lowest BCUT2D eigenvalue weighted by molar-refractivity contribution is 0.548. The highest BCUT2D eigenvalue weighted by atomic mass is 32.2. The average molecular weight is 327 g/mol. The molecule has 0 fully saturated rings. The Morgan fingerprint density at radius 2 is 1.57 bits per heavy atom. The molecule has 23 heavy (non-hydrogen) atoms. The Morgan fingerprint density at radius 1 is 0.913 bits per heavy atom. The number of furan rings is 1. The van der Waals surface area contributed by atoms with Gasteiger partial charge in [-0.15, -0.1) is 0 Å². The summed E-state index contributed by atoms with van der Waals surface area (Å²) in [6, 6.07) is 17.8. The van der Waals surface area contributed by atoms with E-state index in [9.17, 15) is 8.42 Å². The van der Waals surface area contributed by atoms with Crippen molar-refractivity contribution < 1.29 is 12.8 Å². The van der Waals surface area contributed by atoms with Crippen LogP contribution in [0.25, 0.3) is 11.3 Å². The van der Waals surface area contributed by atoms with Gasteiger partial charge in [0.05, 0.1) is 10.6 Å². The van der Waals surface area contributed by atoms with Gasteiger partial charge < -0.3 is 4.42 Å². The van der Waals surface area contributed by atoms with Crippen LogP contribution in [0.1, 0.15) is 11.3 Å². The maximum Gasteiger partial charge on any atom is 0.262 e. The molecule has 3 rings (SSSR count). The molecule has 0 bridgehead atoms. The maximum absolute atomic E-state index is 12.6. The van der Waals surface area contributed by atoms with E-state index in [4.69, 9.17) is 4.42 Å². The number of nitrogens with one attached hydrogen (secondary N) is 1. The van der Waals surface area contributed by atoms with Gasteiger partial charge in [0, 0.05) is 11.6 Å². The third kappa shape index (κ3) is 3.29. The molecule has 1 heterocycles. The van der Waals surface area contributed by atoms with Crippen molar-refractivity contribution in [3.05, 3.63) is 72.0 Å². The Labute approximate surface area is 135 Å². The largest absolute Gasteiger partial charge is 0.459 e. The minimum atomic E-state index is -3.66. The second-order valence-electron chi connectivity index (χ2n) is 5.38. The summed E-state index contributed by atoms with van der Waals surface area (Å²) in [5.41, 5.74) is 2.27. The van der Waals surface area contributed by atoms with Gasteiger partial charge in [0.1, 0.15) is 5.76 Å². The zero-order valence-electron chi connectivity index (χ0n) is 12.9. The van der Waals surface area contributed by atoms with Crippen LogP contribution in [0.3, 0.4) is 0 Å². The summed E-state index contributed by atoms with van der Waals surface area (Å²) in [5.74, 6) is 1.16. The zero-order chi connectivity index (χ0) is 16.4. The second-order valence-corrected chi connectivity index (χ2v) is 7.07. The van der Waals surface area contributed by atoms with E-state index in [0.717, 1.165) is 11.1 Å². The van der Waals surface area contributed by atoms with Crippen molar-refractivity contribution in [1.29, 1.82) is 0 Å². The molecule has 5 heteroatoms. The lowest BCUT2D eigenvalue weighted by Crippen LogP contribution is -2.12. The summed E-state index contributed by atoms with van der Waals surface area (Å²) < 4.78 is 33.4. The summed E-state index contributed by atoms with van der Waals surface area (Å²) in [7, 11) is -3.66. The number of rotatable bonds is 4. The van der Waals surface area contributed by atoms with Gasteiger partial charge in [0.2, 0.25) is 0 Å². The van der Waals surface area contributed by atoms with E-state index >= 15 is 0 Å². The van der Waals surface area contributed by atoms with Crippen LogP contribution in [0, 0.1) is 13.8 Å². The molecular weight excluding hydrogens is 310 g/mol. The Kier molecular flexibility index (Phi) is 3.96. The molecule has 0 radical (unpaired) electrons. The summed E-state index contributed by atoms with van der Waals surface area (Å²) in [6.07, 6.45) is 0. The van der Waals surface area contributed by atoms with Crippen LogP contribution in [0.15, 0.2) is 70.0 Å². The van der Waals surface area contributed by atoms with Crippen LogP contribution in [0.2, 0.25) is 0 Å². The van der Waals surface area contributed by atoms with Crippen LogP contribution in [0.5, 0.6) is 0 Å². The molecular formula is C18H17NO3S. The van der Waals surface area contributed by atoms with Crippen molar-refractivity contribution in [2.75, 3.05) is 4.72 Å². The Morgan fingerprint density at radius 3 is 2.22 bits per heavy atom. The topological polar surface area (TPSA) is 59.3 Å². The van der Waals surface area contributed by atoms with Gasteiger partial charge in [0.25, 0.3) is 10.0 Å². The summed E-state index contributed by atoms with van der Waals surface area (Å²) in [4.78, 5) is 0.223. The number of sulfonamides is 1. The van der Waals surface area contributed by atoms with Crippen molar-refractivity contribution in [2.24, 2.45) is 0 Å². The normalized spacial score (nSPS) is 11.4. The molecule has 0 aliphatic rings. The lowest BCUT2D eigenvalue weighted by Gasteiger charge is -2.08. The lowest BCUT2D eigenvalue weighted by atomic mass is 10.1. The van der Waals surface area contributed by atoms with Gasteiger partial charge in [0.15, 0.2) is 5.76 Å². The van der Waals surface area contributed by atoms with E-state index in [1.807, 2.05) is 37.3 Å². The number of hydrogen-bond acceptors (Lipinski definition) is 3. The average Bonchev–Trinajstić information content (AvgIpc) is 2.88. The van der Waals surface area contributed by atoms with Crippen LogP contribution < -0.4 is 4.72 Å². The van der Waals surface area contributed by atoms with Gasteiger partial charge >= 0.3 is 0 Å². The van der Waals surface area contributed by atoms with Crippen molar-refractivity contribution in [3.8, 4) is 11.3 Å². The summed E-state index contributed by atoms with van der Waals surface area (Å²) >= 11 is 0. The van der Waals surface area contributed by atoms with Gasteiger partial charge in [-0.25, -0.2) is 8.42 Å². The molecule has 0 amide bonds. The van der Waals surface area contributed by atoms with Gasteiger partial charge in [-0.1, -0.05) is 48.0 Å². The molecule has 1 N–H and O–H groups in total. The monoisotopic (exact) mass is 327 g/mol. The Balaban J connectivity index is 1.99. The molecule has 0 saturated carbocycles. The fourth-order valence-corrected chi connectivity index (χ4v) is 3.37. The minimum Gasteiger partial charge on any atom is -0.459 e. The van der Waals surface area contributed by atoms with Gasteiger partial charge in [-0.05, 0) is 26.0 Å². The first-order valence-corrected chi connectivity index (χ1v) is 8.69. The third-order valence-corrected chi connectivity index (χ3v) is 4.85. The van der Waals surface area contributed by atoms with E-state index in [2.05, 4.69) is 4.72 Å². The molecule has 0 atom stereocenters. The van der Waals surface area contributed by atoms with Gasteiger partial charge in [-0.2, -0.15) is 0 Å². The predicted molar refractivity (Wildman–Crippen MR) is 90.9 cm³/mol. The first-order chi connectivity index (χ1) is 11.0. The molecule has 118 valence electrons. The highest BCUT2D eigenvalue weighted by Crippen LogP contribution is 2.32. The van der Waals surface area contributed by atoms with Crippen molar-refractivity contribution in [2.45, 2.75) is 18.7 Å². The van der Waals surface area contributed by atoms with Crippen molar-refractivity contribution >= 4 is 15.7 Å². The summed E-state index contributed by atoms with van der Waals surface area (Å²) in [6.45, 7) is 3.70. The number of aryl methyl sites for hydroxylation is 2. The number of anilines is 1. The molecule has 2 aromatic carbocycles. The fourth-order valence-electron chi connectivity index (χ4n) is 2.32. The first-order valence-electron chi connectivity index (χ1n) is 7.21. The maximum atomic E-state index is 12.6. The number of benzene rings is 2. The van der Waals surface area contributed by atoms with E-state index in [0.29, 0.717) is 17.2 Å². The molecule has 0 saturated heterocycles. The van der Waals surface area contributed by atoms with Crippen LogP contribution >= 0.6 is 0 Å². The Hall–Kier alpha value is -2.53. The SMILES string of the molecule is Cc1ccc(S(=O)(=O)Nc2cc(C)oc2-c2ccccc2)cc1. The van der Waals surface area contributed by atoms with E-state index in [-0.39, 0.29) is 4.90 Å². The van der Waals surface area contributed by atoms with Crippen LogP contribution in [-0.2, 0) is 10.0 Å². The fraction of sp³-hybridized carbons (Fsp3) is 0.111. The van der Waals surface area contributed by atoms with E-state index in [1.165, 1.54) is 0 Å². The smallest absolute Gasteiger partial charge is 0.262 e. The van der Waals surface area contributed by atoms with Crippen molar-refractivity contribution in [1.82, 2.24) is 0 Å². The van der Waals surface area contributed by atoms with Crippen LogP contribution in [-0.4, -0.2) is 8.42 Å². The molecule has 0 spiro atoms. The van der Waals surface area contributed by atoms with E-state index in [1.54, 1.807) is 37.3 Å². The highest BCUT2D eigenvalue weighted by molar-refractivity contribution is 7.92. The minimum absolute atomic E-state index is 0.223. The zero-order valence-corrected chi connectivity index (χ0v) is 13.7. The molecule has 0 aliphatic heterocycles. The molecule has 0 aliphatic carbocycles. The van der Waals surface area contributed by atoms with Gasteiger partial charge in [-0.3, -0.25) is 4.72 Å². The quantitative estimate of drug-likeness (QED) is 0.774. The highest BCUT2D eigenvalue weighted by Gasteiger charge is 2.19. The third-order valence-electron chi connectivity index (χ3n) is 3.47.